The molecule has 0 aliphatic heterocycles. The summed E-state index contributed by atoms with van der Waals surface area (Å²) in [4.78, 5) is 0. The van der Waals surface area contributed by atoms with Gasteiger partial charge in [0, 0.05) is 33.3 Å². The fraction of sp³-hybridized carbons (Fsp3) is 0. The molecule has 0 saturated heterocycles. The van der Waals surface area contributed by atoms with E-state index >= 15 is 0 Å². The maximum atomic E-state index is 2.53. The molecule has 13 aromatic rings. The summed E-state index contributed by atoms with van der Waals surface area (Å²) in [6, 6.07) is 93.4. The predicted octanol–water partition coefficient (Wildman–Crippen LogP) is 17.4. The van der Waals surface area contributed by atoms with Crippen molar-refractivity contribution in [3.8, 4) is 67.3 Å². The van der Waals surface area contributed by atoms with Crippen LogP contribution >= 0.6 is 0 Å². The van der Waals surface area contributed by atoms with E-state index in [0.717, 1.165) is 44.9 Å². The summed E-state index contributed by atoms with van der Waals surface area (Å²) in [7, 11) is 0. The lowest BCUT2D eigenvalue weighted by molar-refractivity contribution is 1.13. The van der Waals surface area contributed by atoms with E-state index < -0.39 is 0 Å². The standard InChI is InChI=1S/C64H42N2/c1-4-18-43(19-5-1)45-32-36-47(37-33-45)63-61(56-28-14-16-30-59(56)65(63)49-22-8-3-9-23-49)62-57-29-15-17-31-60(57)66(64(62)48-38-34-46(35-39-48)44-20-6-2-7-21-44)50-40-41-55-53-26-11-10-24-51(53)52-25-12-13-27-54(52)58(55)42-50/h1-42H. The van der Waals surface area contributed by atoms with Gasteiger partial charge in [-0.25, -0.2) is 0 Å². The number of hydrogen-bond acceptors (Lipinski definition) is 0. The molecule has 0 bridgehead atoms. The summed E-state index contributed by atoms with van der Waals surface area (Å²) in [6.45, 7) is 0. The number of benzene rings is 11. The molecule has 11 aromatic carbocycles. The third kappa shape index (κ3) is 6.04. The molecule has 0 spiro atoms. The molecule has 0 aliphatic rings. The van der Waals surface area contributed by atoms with E-state index in [-0.39, 0.29) is 0 Å². The molecule has 2 nitrogen and oxygen atoms in total. The number of hydrogen-bond donors (Lipinski definition) is 0. The van der Waals surface area contributed by atoms with Gasteiger partial charge in [-0.3, -0.25) is 0 Å². The van der Waals surface area contributed by atoms with Crippen molar-refractivity contribution in [1.29, 1.82) is 0 Å². The molecule has 0 unspecified atom stereocenters. The van der Waals surface area contributed by atoms with Gasteiger partial charge in [0.2, 0.25) is 0 Å². The number of aromatic nitrogens is 2. The minimum absolute atomic E-state index is 1.12. The van der Waals surface area contributed by atoms with Crippen LogP contribution < -0.4 is 0 Å². The highest BCUT2D eigenvalue weighted by atomic mass is 15.0. The second-order valence-corrected chi connectivity index (χ2v) is 17.2. The Labute approximate surface area is 383 Å². The highest BCUT2D eigenvalue weighted by molar-refractivity contribution is 6.26. The highest BCUT2D eigenvalue weighted by Gasteiger charge is 2.29. The highest BCUT2D eigenvalue weighted by Crippen LogP contribution is 2.51. The normalized spacial score (nSPS) is 11.6. The molecular weight excluding hydrogens is 797 g/mol. The van der Waals surface area contributed by atoms with Gasteiger partial charge in [0.25, 0.3) is 0 Å². The third-order valence-corrected chi connectivity index (χ3v) is 13.5. The summed E-state index contributed by atoms with van der Waals surface area (Å²) >= 11 is 0. The van der Waals surface area contributed by atoms with Gasteiger partial charge in [-0.05, 0) is 102 Å². The summed E-state index contributed by atoms with van der Waals surface area (Å²) in [6.07, 6.45) is 0. The molecule has 2 aromatic heterocycles. The van der Waals surface area contributed by atoms with Gasteiger partial charge in [0.1, 0.15) is 0 Å². The summed E-state index contributed by atoms with van der Waals surface area (Å²) in [5.41, 5.74) is 16.3. The fourth-order valence-corrected chi connectivity index (χ4v) is 10.6. The molecule has 0 radical (unpaired) electrons. The summed E-state index contributed by atoms with van der Waals surface area (Å²) in [5, 5.41) is 9.96. The van der Waals surface area contributed by atoms with E-state index in [4.69, 9.17) is 0 Å². The molecule has 2 heteroatoms. The lowest BCUT2D eigenvalue weighted by atomic mass is 9.92. The van der Waals surface area contributed by atoms with Crippen LogP contribution in [-0.2, 0) is 0 Å². The smallest absolute Gasteiger partial charge is 0.0620 e. The number of nitrogens with zero attached hydrogens (tertiary/aromatic N) is 2. The fourth-order valence-electron chi connectivity index (χ4n) is 10.6. The third-order valence-electron chi connectivity index (χ3n) is 13.5. The summed E-state index contributed by atoms with van der Waals surface area (Å²) in [5.74, 6) is 0. The molecule has 0 aliphatic carbocycles. The quantitative estimate of drug-likeness (QED) is 0.142. The Morgan fingerprint density at radius 1 is 0.197 bits per heavy atom. The summed E-state index contributed by atoms with van der Waals surface area (Å²) < 4.78 is 5.01. The van der Waals surface area contributed by atoms with Crippen LogP contribution in [0.25, 0.3) is 121 Å². The first-order chi connectivity index (χ1) is 32.8. The monoisotopic (exact) mass is 838 g/mol. The van der Waals surface area contributed by atoms with E-state index in [1.807, 2.05) is 0 Å². The predicted molar refractivity (Wildman–Crippen MR) is 280 cm³/mol. The van der Waals surface area contributed by atoms with E-state index in [1.54, 1.807) is 0 Å². The van der Waals surface area contributed by atoms with Crippen molar-refractivity contribution in [2.75, 3.05) is 0 Å². The molecular formula is C64H42N2. The van der Waals surface area contributed by atoms with E-state index in [9.17, 15) is 0 Å². The topological polar surface area (TPSA) is 9.86 Å². The molecule has 13 rings (SSSR count). The Bertz CT molecular complexity index is 3900. The molecule has 66 heavy (non-hydrogen) atoms. The van der Waals surface area contributed by atoms with Crippen LogP contribution in [0.2, 0.25) is 0 Å². The molecule has 0 amide bonds. The van der Waals surface area contributed by atoms with Crippen LogP contribution in [0.1, 0.15) is 0 Å². The van der Waals surface area contributed by atoms with Crippen LogP contribution in [0.5, 0.6) is 0 Å². The molecule has 0 saturated carbocycles. The molecule has 2 heterocycles. The largest absolute Gasteiger partial charge is 0.309 e. The van der Waals surface area contributed by atoms with Gasteiger partial charge in [-0.2, -0.15) is 0 Å². The van der Waals surface area contributed by atoms with Crippen molar-refractivity contribution >= 4 is 54.1 Å². The van der Waals surface area contributed by atoms with Crippen LogP contribution in [0.4, 0.5) is 0 Å². The maximum absolute atomic E-state index is 2.53. The zero-order chi connectivity index (χ0) is 43.6. The van der Waals surface area contributed by atoms with Gasteiger partial charge < -0.3 is 9.13 Å². The Kier molecular flexibility index (Phi) is 8.89. The molecule has 308 valence electrons. The zero-order valence-corrected chi connectivity index (χ0v) is 36.1. The number of para-hydroxylation sites is 3. The van der Waals surface area contributed by atoms with E-state index in [0.29, 0.717) is 0 Å². The van der Waals surface area contributed by atoms with Gasteiger partial charge in [0.15, 0.2) is 0 Å². The van der Waals surface area contributed by atoms with Crippen molar-refractivity contribution in [2.45, 2.75) is 0 Å². The molecule has 0 fully saturated rings. The number of rotatable bonds is 7. The SMILES string of the molecule is c1ccc(-c2ccc(-c3c(-c4c(-c5ccc(-c6ccccc6)cc5)n(-c5ccc6c7ccccc7c7ccccc7c6c5)c5ccccc45)c4ccccc4n3-c3ccccc3)cc2)cc1. The number of fused-ring (bicyclic) bond motifs is 8. The first-order valence-corrected chi connectivity index (χ1v) is 22.8. The van der Waals surface area contributed by atoms with Gasteiger partial charge in [-0.15, -0.1) is 0 Å². The van der Waals surface area contributed by atoms with Crippen molar-refractivity contribution < 1.29 is 0 Å². The van der Waals surface area contributed by atoms with Crippen LogP contribution in [0, 0.1) is 0 Å². The first-order valence-electron chi connectivity index (χ1n) is 22.8. The van der Waals surface area contributed by atoms with Gasteiger partial charge >= 0.3 is 0 Å². The maximum Gasteiger partial charge on any atom is 0.0620 e. The van der Waals surface area contributed by atoms with Gasteiger partial charge in [-0.1, -0.05) is 218 Å². The second-order valence-electron chi connectivity index (χ2n) is 17.2. The minimum atomic E-state index is 1.12. The lowest BCUT2D eigenvalue weighted by Crippen LogP contribution is -1.99. The molecule has 0 atom stereocenters. The van der Waals surface area contributed by atoms with Crippen molar-refractivity contribution in [3.05, 3.63) is 255 Å². The van der Waals surface area contributed by atoms with E-state index in [2.05, 4.69) is 264 Å². The Morgan fingerprint density at radius 3 is 0.970 bits per heavy atom. The Balaban J connectivity index is 1.16. The Morgan fingerprint density at radius 2 is 0.515 bits per heavy atom. The first kappa shape index (κ1) is 37.8. The van der Waals surface area contributed by atoms with Crippen molar-refractivity contribution in [2.24, 2.45) is 0 Å². The molecule has 0 N–H and O–H groups in total. The lowest BCUT2D eigenvalue weighted by Gasteiger charge is -2.17. The average molecular weight is 839 g/mol. The average Bonchev–Trinajstić information content (AvgIpc) is 3.92. The van der Waals surface area contributed by atoms with Gasteiger partial charge in [0.05, 0.1) is 22.4 Å². The Hall–Kier alpha value is -8.72. The minimum Gasteiger partial charge on any atom is -0.309 e. The van der Waals surface area contributed by atoms with Crippen molar-refractivity contribution in [1.82, 2.24) is 9.13 Å². The van der Waals surface area contributed by atoms with Crippen molar-refractivity contribution in [3.63, 3.8) is 0 Å². The van der Waals surface area contributed by atoms with Crippen LogP contribution in [0.3, 0.4) is 0 Å². The van der Waals surface area contributed by atoms with Crippen LogP contribution in [0.15, 0.2) is 255 Å². The van der Waals surface area contributed by atoms with Crippen LogP contribution in [-0.4, -0.2) is 9.13 Å². The van der Waals surface area contributed by atoms with E-state index in [1.165, 1.54) is 76.5 Å². The second kappa shape index (κ2) is 15.5. The zero-order valence-electron chi connectivity index (χ0n) is 36.1.